The van der Waals surface area contributed by atoms with Gasteiger partial charge in [0.1, 0.15) is 5.82 Å². The molecule has 1 fully saturated rings. The van der Waals surface area contributed by atoms with Crippen molar-refractivity contribution in [3.8, 4) is 11.1 Å². The molecule has 6 heteroatoms. The minimum Gasteiger partial charge on any atom is -0.370 e. The zero-order valence-corrected chi connectivity index (χ0v) is 17.5. The fourth-order valence-corrected chi connectivity index (χ4v) is 4.33. The molecule has 0 unspecified atom stereocenters. The first-order valence-electron chi connectivity index (χ1n) is 10.5. The number of pyridine rings is 1. The SMILES string of the molecule is CC(C)c1c2cc(-c3ccnc(NC(N)=NC4CCCCC4)c3)ccc2nn1C. The number of aryl methyl sites for hydroxylation is 1. The molecule has 2 aromatic heterocycles. The van der Waals surface area contributed by atoms with Crippen LogP contribution in [0.5, 0.6) is 0 Å². The summed E-state index contributed by atoms with van der Waals surface area (Å²) < 4.78 is 1.99. The van der Waals surface area contributed by atoms with Gasteiger partial charge >= 0.3 is 0 Å². The van der Waals surface area contributed by atoms with Crippen molar-refractivity contribution in [1.82, 2.24) is 14.8 Å². The van der Waals surface area contributed by atoms with Gasteiger partial charge in [0.05, 0.1) is 11.6 Å². The molecule has 0 radical (unpaired) electrons. The van der Waals surface area contributed by atoms with Gasteiger partial charge in [0.25, 0.3) is 0 Å². The smallest absolute Gasteiger partial charge is 0.194 e. The van der Waals surface area contributed by atoms with Crippen molar-refractivity contribution >= 4 is 22.7 Å². The van der Waals surface area contributed by atoms with Crippen LogP contribution in [0.3, 0.4) is 0 Å². The highest BCUT2D eigenvalue weighted by Gasteiger charge is 2.14. The zero-order chi connectivity index (χ0) is 20.4. The summed E-state index contributed by atoms with van der Waals surface area (Å²) in [7, 11) is 2.01. The molecule has 0 amide bonds. The first kappa shape index (κ1) is 19.4. The fourth-order valence-electron chi connectivity index (χ4n) is 4.33. The van der Waals surface area contributed by atoms with E-state index in [0.29, 0.717) is 17.9 Å². The molecule has 2 heterocycles. The zero-order valence-electron chi connectivity index (χ0n) is 17.5. The summed E-state index contributed by atoms with van der Waals surface area (Å²) in [6, 6.07) is 10.8. The van der Waals surface area contributed by atoms with Crippen molar-refractivity contribution in [1.29, 1.82) is 0 Å². The molecule has 0 bridgehead atoms. The molecule has 0 atom stereocenters. The second-order valence-corrected chi connectivity index (χ2v) is 8.26. The van der Waals surface area contributed by atoms with Gasteiger partial charge in [-0.3, -0.25) is 4.68 Å². The summed E-state index contributed by atoms with van der Waals surface area (Å²) in [5.41, 5.74) is 10.6. The number of nitrogens with one attached hydrogen (secondary N) is 1. The van der Waals surface area contributed by atoms with Gasteiger partial charge < -0.3 is 11.1 Å². The largest absolute Gasteiger partial charge is 0.370 e. The Hall–Kier alpha value is -2.89. The van der Waals surface area contributed by atoms with Gasteiger partial charge in [-0.2, -0.15) is 5.10 Å². The molecular weight excluding hydrogens is 360 g/mol. The van der Waals surface area contributed by atoms with E-state index in [0.717, 1.165) is 35.3 Å². The molecule has 152 valence electrons. The Kier molecular flexibility index (Phi) is 5.51. The first-order valence-corrected chi connectivity index (χ1v) is 10.5. The van der Waals surface area contributed by atoms with Crippen LogP contribution >= 0.6 is 0 Å². The molecule has 1 aromatic carbocycles. The van der Waals surface area contributed by atoms with E-state index in [4.69, 9.17) is 5.73 Å². The third-order valence-corrected chi connectivity index (χ3v) is 5.67. The number of aliphatic imine (C=N–C) groups is 1. The number of nitrogens with zero attached hydrogens (tertiary/aromatic N) is 4. The molecule has 6 nitrogen and oxygen atoms in total. The van der Waals surface area contributed by atoms with E-state index in [2.05, 4.69) is 52.4 Å². The van der Waals surface area contributed by atoms with E-state index >= 15 is 0 Å². The average molecular weight is 391 g/mol. The Labute approximate surface area is 172 Å². The third kappa shape index (κ3) is 4.26. The minimum absolute atomic E-state index is 0.335. The predicted molar refractivity (Wildman–Crippen MR) is 120 cm³/mol. The van der Waals surface area contributed by atoms with E-state index in [1.165, 1.54) is 30.3 Å². The van der Waals surface area contributed by atoms with Gasteiger partial charge in [0.2, 0.25) is 0 Å². The van der Waals surface area contributed by atoms with E-state index in [1.54, 1.807) is 0 Å². The normalized spacial score (nSPS) is 15.9. The van der Waals surface area contributed by atoms with E-state index in [-0.39, 0.29) is 0 Å². The number of benzene rings is 1. The molecule has 29 heavy (non-hydrogen) atoms. The van der Waals surface area contributed by atoms with Crippen LogP contribution in [0.25, 0.3) is 22.0 Å². The van der Waals surface area contributed by atoms with E-state index in [9.17, 15) is 0 Å². The first-order chi connectivity index (χ1) is 14.0. The van der Waals surface area contributed by atoms with Gasteiger partial charge in [-0.1, -0.05) is 39.2 Å². The van der Waals surface area contributed by atoms with Crippen molar-refractivity contribution < 1.29 is 0 Å². The Balaban J connectivity index is 1.60. The van der Waals surface area contributed by atoms with Crippen LogP contribution in [0.15, 0.2) is 41.5 Å². The Morgan fingerprint density at radius 1 is 1.14 bits per heavy atom. The van der Waals surface area contributed by atoms with Crippen LogP contribution in [0.4, 0.5) is 5.82 Å². The summed E-state index contributed by atoms with van der Waals surface area (Å²) in [6.07, 6.45) is 7.85. The highest BCUT2D eigenvalue weighted by atomic mass is 15.3. The number of rotatable bonds is 4. The van der Waals surface area contributed by atoms with E-state index in [1.807, 2.05) is 30.1 Å². The molecular formula is C23H30N6. The van der Waals surface area contributed by atoms with Crippen molar-refractivity contribution in [3.05, 3.63) is 42.2 Å². The Morgan fingerprint density at radius 2 is 1.90 bits per heavy atom. The quantitative estimate of drug-likeness (QED) is 0.494. The van der Waals surface area contributed by atoms with Gasteiger partial charge in [0, 0.05) is 24.3 Å². The third-order valence-electron chi connectivity index (χ3n) is 5.67. The van der Waals surface area contributed by atoms with Crippen LogP contribution in [-0.2, 0) is 7.05 Å². The number of anilines is 1. The molecule has 1 aliphatic rings. The van der Waals surface area contributed by atoms with Crippen molar-refractivity contribution in [3.63, 3.8) is 0 Å². The molecule has 0 saturated heterocycles. The molecule has 3 aromatic rings. The van der Waals surface area contributed by atoms with Gasteiger partial charge in [-0.05, 0) is 54.2 Å². The van der Waals surface area contributed by atoms with Gasteiger partial charge in [-0.15, -0.1) is 0 Å². The number of guanidine groups is 1. The van der Waals surface area contributed by atoms with Crippen LogP contribution in [0.1, 0.15) is 57.6 Å². The van der Waals surface area contributed by atoms with Crippen LogP contribution < -0.4 is 11.1 Å². The standard InChI is InChI=1S/C23H30N6/c1-15(2)22-19-13-16(9-10-20(19)28-29(22)3)17-11-12-25-21(14-17)27-23(24)26-18-7-5-4-6-8-18/h9-15,18H,4-8H2,1-3H3,(H3,24,25,26,27). The van der Waals surface area contributed by atoms with Gasteiger partial charge in [-0.25, -0.2) is 9.98 Å². The second-order valence-electron chi connectivity index (χ2n) is 8.26. The summed E-state index contributed by atoms with van der Waals surface area (Å²) in [4.78, 5) is 9.06. The lowest BCUT2D eigenvalue weighted by atomic mass is 9.96. The fraction of sp³-hybridized carbons (Fsp3) is 0.435. The molecule has 4 rings (SSSR count). The maximum atomic E-state index is 6.14. The molecule has 3 N–H and O–H groups in total. The number of aromatic nitrogens is 3. The lowest BCUT2D eigenvalue weighted by molar-refractivity contribution is 0.443. The highest BCUT2D eigenvalue weighted by Crippen LogP contribution is 2.30. The number of hydrogen-bond acceptors (Lipinski definition) is 3. The minimum atomic E-state index is 0.335. The van der Waals surface area contributed by atoms with Crippen LogP contribution in [-0.4, -0.2) is 26.8 Å². The summed E-state index contributed by atoms with van der Waals surface area (Å²) in [6.45, 7) is 4.40. The van der Waals surface area contributed by atoms with Crippen LogP contribution in [0, 0.1) is 0 Å². The number of nitrogens with two attached hydrogens (primary N) is 1. The summed E-state index contributed by atoms with van der Waals surface area (Å²) in [5, 5.41) is 9.01. The number of hydrogen-bond donors (Lipinski definition) is 2. The van der Waals surface area contributed by atoms with Gasteiger partial charge in [0.15, 0.2) is 5.96 Å². The molecule has 1 aliphatic carbocycles. The van der Waals surface area contributed by atoms with Crippen molar-refractivity contribution in [2.75, 3.05) is 5.32 Å². The lowest BCUT2D eigenvalue weighted by Crippen LogP contribution is -2.26. The second kappa shape index (κ2) is 8.23. The monoisotopic (exact) mass is 390 g/mol. The maximum Gasteiger partial charge on any atom is 0.194 e. The Morgan fingerprint density at radius 3 is 2.66 bits per heavy atom. The van der Waals surface area contributed by atoms with Crippen LogP contribution in [0.2, 0.25) is 0 Å². The predicted octanol–water partition coefficient (Wildman–Crippen LogP) is 4.82. The Bertz CT molecular complexity index is 1030. The van der Waals surface area contributed by atoms with Crippen molar-refractivity contribution in [2.45, 2.75) is 57.9 Å². The lowest BCUT2D eigenvalue weighted by Gasteiger charge is -2.18. The van der Waals surface area contributed by atoms with E-state index < -0.39 is 0 Å². The summed E-state index contributed by atoms with van der Waals surface area (Å²) in [5.74, 6) is 1.58. The average Bonchev–Trinajstić information content (AvgIpc) is 3.04. The highest BCUT2D eigenvalue weighted by molar-refractivity contribution is 5.92. The van der Waals surface area contributed by atoms with Crippen molar-refractivity contribution in [2.24, 2.45) is 17.8 Å². The number of fused-ring (bicyclic) bond motifs is 1. The topological polar surface area (TPSA) is 81.1 Å². The molecule has 1 saturated carbocycles. The summed E-state index contributed by atoms with van der Waals surface area (Å²) >= 11 is 0. The molecule has 0 aliphatic heterocycles. The molecule has 0 spiro atoms. The maximum absolute atomic E-state index is 6.14.